The first-order chi connectivity index (χ1) is 9.05. The molecule has 0 fully saturated rings. The molecule has 2 amide bonds. The molecule has 1 aromatic carbocycles. The molecule has 0 saturated heterocycles. The first-order valence-corrected chi connectivity index (χ1v) is 7.32. The van der Waals surface area contributed by atoms with Crippen molar-refractivity contribution in [3.63, 3.8) is 0 Å². The fourth-order valence-electron chi connectivity index (χ4n) is 1.41. The van der Waals surface area contributed by atoms with Gasteiger partial charge in [-0.25, -0.2) is 17.9 Å². The van der Waals surface area contributed by atoms with E-state index in [2.05, 4.69) is 5.32 Å². The van der Waals surface area contributed by atoms with Gasteiger partial charge in [-0.05, 0) is 32.9 Å². The molecule has 0 atom stereocenters. The van der Waals surface area contributed by atoms with Crippen molar-refractivity contribution in [2.24, 2.45) is 0 Å². The summed E-state index contributed by atoms with van der Waals surface area (Å²) in [5, 5.41) is 2.50. The van der Waals surface area contributed by atoms with Crippen LogP contribution in [0, 0.1) is 0 Å². The standard InChI is InChI=1S/C12H19N3O4S/c1-12(2,3)14-11(16)15-20(17,18)8-5-6-9(13)10(7-8)19-4/h5-7H,13H2,1-4H3,(H2,14,15,16). The number of carbonyl (C=O) groups excluding carboxylic acids is 1. The van der Waals surface area contributed by atoms with Crippen LogP contribution in [0.5, 0.6) is 5.75 Å². The van der Waals surface area contributed by atoms with Gasteiger partial charge in [0, 0.05) is 11.6 Å². The van der Waals surface area contributed by atoms with Gasteiger partial charge in [0.25, 0.3) is 10.0 Å². The zero-order chi connectivity index (χ0) is 15.6. The first-order valence-electron chi connectivity index (χ1n) is 5.83. The summed E-state index contributed by atoms with van der Waals surface area (Å²) in [6.45, 7) is 5.22. The average Bonchev–Trinajstić information content (AvgIpc) is 2.25. The van der Waals surface area contributed by atoms with Crippen molar-refractivity contribution in [3.8, 4) is 5.75 Å². The number of nitrogens with one attached hydrogen (secondary N) is 2. The van der Waals surface area contributed by atoms with Gasteiger partial charge in [-0.1, -0.05) is 0 Å². The highest BCUT2D eigenvalue weighted by molar-refractivity contribution is 7.90. The maximum atomic E-state index is 12.0. The molecular formula is C12H19N3O4S. The van der Waals surface area contributed by atoms with Gasteiger partial charge < -0.3 is 15.8 Å². The second-order valence-electron chi connectivity index (χ2n) is 5.21. The van der Waals surface area contributed by atoms with E-state index in [4.69, 9.17) is 10.5 Å². The number of amides is 2. The second kappa shape index (κ2) is 5.58. The van der Waals surface area contributed by atoms with Gasteiger partial charge in [-0.15, -0.1) is 0 Å². The van der Waals surface area contributed by atoms with Crippen LogP contribution in [0.15, 0.2) is 23.1 Å². The monoisotopic (exact) mass is 301 g/mol. The highest BCUT2D eigenvalue weighted by Crippen LogP contribution is 2.24. The summed E-state index contributed by atoms with van der Waals surface area (Å²) >= 11 is 0. The molecule has 20 heavy (non-hydrogen) atoms. The van der Waals surface area contributed by atoms with E-state index in [0.717, 1.165) is 0 Å². The Labute approximate surface area is 118 Å². The van der Waals surface area contributed by atoms with E-state index in [1.165, 1.54) is 25.3 Å². The van der Waals surface area contributed by atoms with Crippen LogP contribution >= 0.6 is 0 Å². The van der Waals surface area contributed by atoms with Crippen molar-refractivity contribution in [1.29, 1.82) is 0 Å². The van der Waals surface area contributed by atoms with E-state index in [9.17, 15) is 13.2 Å². The van der Waals surface area contributed by atoms with Crippen LogP contribution in [0.3, 0.4) is 0 Å². The molecule has 0 aromatic heterocycles. The summed E-state index contributed by atoms with van der Waals surface area (Å²) in [4.78, 5) is 11.5. The summed E-state index contributed by atoms with van der Waals surface area (Å²) in [7, 11) is -2.60. The third-order valence-corrected chi connectivity index (χ3v) is 3.56. The highest BCUT2D eigenvalue weighted by Gasteiger charge is 2.21. The van der Waals surface area contributed by atoms with Crippen LogP contribution in [0.25, 0.3) is 0 Å². The van der Waals surface area contributed by atoms with Crippen LogP contribution in [0.1, 0.15) is 20.8 Å². The molecule has 0 bridgehead atoms. The van der Waals surface area contributed by atoms with E-state index in [1.54, 1.807) is 20.8 Å². The number of nitrogen functional groups attached to an aromatic ring is 1. The van der Waals surface area contributed by atoms with Gasteiger partial charge in [0.15, 0.2) is 0 Å². The van der Waals surface area contributed by atoms with Crippen molar-refractivity contribution in [3.05, 3.63) is 18.2 Å². The Bertz CT molecular complexity index is 606. The number of hydrogen-bond donors (Lipinski definition) is 3. The van der Waals surface area contributed by atoms with Crippen molar-refractivity contribution in [2.75, 3.05) is 12.8 Å². The predicted molar refractivity (Wildman–Crippen MR) is 76.0 cm³/mol. The first kappa shape index (κ1) is 16.1. The summed E-state index contributed by atoms with van der Waals surface area (Å²) in [6, 6.07) is 3.15. The van der Waals surface area contributed by atoms with Gasteiger partial charge >= 0.3 is 6.03 Å². The molecule has 112 valence electrons. The molecule has 0 spiro atoms. The number of urea groups is 1. The molecule has 0 saturated carbocycles. The largest absolute Gasteiger partial charge is 0.495 e. The summed E-state index contributed by atoms with van der Waals surface area (Å²) in [5.41, 5.74) is 5.38. The van der Waals surface area contributed by atoms with Gasteiger partial charge in [0.2, 0.25) is 0 Å². The van der Waals surface area contributed by atoms with E-state index < -0.39 is 21.6 Å². The molecule has 7 nitrogen and oxygen atoms in total. The number of methoxy groups -OCH3 is 1. The fourth-order valence-corrected chi connectivity index (χ4v) is 2.33. The molecule has 4 N–H and O–H groups in total. The number of ether oxygens (including phenoxy) is 1. The molecule has 0 aliphatic carbocycles. The van der Waals surface area contributed by atoms with Gasteiger partial charge in [-0.2, -0.15) is 0 Å². The lowest BCUT2D eigenvalue weighted by molar-refractivity contribution is 0.237. The molecule has 1 rings (SSSR count). The van der Waals surface area contributed by atoms with Crippen molar-refractivity contribution >= 4 is 21.7 Å². The maximum Gasteiger partial charge on any atom is 0.329 e. The highest BCUT2D eigenvalue weighted by atomic mass is 32.2. The number of anilines is 1. The Morgan fingerprint density at radius 2 is 1.90 bits per heavy atom. The normalized spacial score (nSPS) is 11.8. The lowest BCUT2D eigenvalue weighted by atomic mass is 10.1. The Balaban J connectivity index is 2.97. The minimum absolute atomic E-state index is 0.104. The minimum atomic E-state index is -3.98. The molecule has 0 aliphatic heterocycles. The van der Waals surface area contributed by atoms with E-state index in [-0.39, 0.29) is 10.6 Å². The zero-order valence-electron chi connectivity index (χ0n) is 11.9. The molecule has 0 radical (unpaired) electrons. The molecule has 0 heterocycles. The predicted octanol–water partition coefficient (Wildman–Crippen LogP) is 1.06. The second-order valence-corrected chi connectivity index (χ2v) is 6.90. The minimum Gasteiger partial charge on any atom is -0.495 e. The van der Waals surface area contributed by atoms with Crippen LogP contribution < -0.4 is 20.5 Å². The van der Waals surface area contributed by atoms with Gasteiger partial charge in [0.1, 0.15) is 5.75 Å². The Hall–Kier alpha value is -1.96. The van der Waals surface area contributed by atoms with Crippen LogP contribution in [0.4, 0.5) is 10.5 Å². The number of hydrogen-bond acceptors (Lipinski definition) is 5. The Morgan fingerprint density at radius 3 is 2.40 bits per heavy atom. The summed E-state index contributed by atoms with van der Waals surface area (Å²) in [6.07, 6.45) is 0. The molecule has 0 unspecified atom stereocenters. The Morgan fingerprint density at radius 1 is 1.30 bits per heavy atom. The Kier molecular flexibility index (Phi) is 4.49. The number of rotatable bonds is 3. The average molecular weight is 301 g/mol. The SMILES string of the molecule is COc1cc(S(=O)(=O)NC(=O)NC(C)(C)C)ccc1N. The summed E-state index contributed by atoms with van der Waals surface area (Å²) in [5.74, 6) is 0.226. The van der Waals surface area contributed by atoms with Crippen molar-refractivity contribution in [2.45, 2.75) is 31.2 Å². The third-order valence-electron chi connectivity index (χ3n) is 2.23. The van der Waals surface area contributed by atoms with Gasteiger partial charge in [0.05, 0.1) is 17.7 Å². The van der Waals surface area contributed by atoms with E-state index in [0.29, 0.717) is 5.69 Å². The number of carbonyl (C=O) groups is 1. The molecular weight excluding hydrogens is 282 g/mol. The van der Waals surface area contributed by atoms with Crippen molar-refractivity contribution in [1.82, 2.24) is 10.0 Å². The smallest absolute Gasteiger partial charge is 0.329 e. The maximum absolute atomic E-state index is 12.0. The van der Waals surface area contributed by atoms with Crippen LogP contribution in [-0.2, 0) is 10.0 Å². The molecule has 1 aromatic rings. The lowest BCUT2D eigenvalue weighted by Crippen LogP contribution is -2.48. The summed E-state index contributed by atoms with van der Waals surface area (Å²) < 4.78 is 31.0. The number of sulfonamides is 1. The fraction of sp³-hybridized carbons (Fsp3) is 0.417. The number of benzene rings is 1. The molecule has 8 heteroatoms. The third kappa shape index (κ3) is 4.30. The van der Waals surface area contributed by atoms with E-state index >= 15 is 0 Å². The quantitative estimate of drug-likeness (QED) is 0.723. The van der Waals surface area contributed by atoms with Crippen LogP contribution in [-0.4, -0.2) is 27.1 Å². The van der Waals surface area contributed by atoms with Gasteiger partial charge in [-0.3, -0.25) is 0 Å². The van der Waals surface area contributed by atoms with Crippen LogP contribution in [0.2, 0.25) is 0 Å². The van der Waals surface area contributed by atoms with Crippen molar-refractivity contribution < 1.29 is 17.9 Å². The zero-order valence-corrected chi connectivity index (χ0v) is 12.7. The lowest BCUT2D eigenvalue weighted by Gasteiger charge is -2.20. The van der Waals surface area contributed by atoms with E-state index in [1.807, 2.05) is 4.72 Å². The number of nitrogens with two attached hydrogens (primary N) is 1. The topological polar surface area (TPSA) is 111 Å². The molecule has 0 aliphatic rings.